The fourth-order valence-corrected chi connectivity index (χ4v) is 2.70. The maximum atomic E-state index is 12.0. The normalized spacial score (nSPS) is 22.2. The molecule has 88 valence electrons. The van der Waals surface area contributed by atoms with Gasteiger partial charge in [0, 0.05) is 18.0 Å². The Labute approximate surface area is 100 Å². The summed E-state index contributed by atoms with van der Waals surface area (Å²) in [6.07, 6.45) is 0.242. The summed E-state index contributed by atoms with van der Waals surface area (Å²) < 4.78 is 5.45. The average Bonchev–Trinajstić information content (AvgIpc) is 2.65. The molecule has 1 aliphatic heterocycles. The highest BCUT2D eigenvalue weighted by Crippen LogP contribution is 2.16. The highest BCUT2D eigenvalue weighted by molar-refractivity contribution is 7.14. The molecule has 0 aromatic carbocycles. The van der Waals surface area contributed by atoms with Gasteiger partial charge >= 0.3 is 0 Å². The number of ketones is 1. The van der Waals surface area contributed by atoms with Crippen LogP contribution in [0.15, 0.2) is 12.1 Å². The van der Waals surface area contributed by atoms with Crippen LogP contribution in [0.1, 0.15) is 21.5 Å². The molecule has 16 heavy (non-hydrogen) atoms. The van der Waals surface area contributed by atoms with Crippen LogP contribution >= 0.6 is 11.3 Å². The third-order valence-corrected chi connectivity index (χ3v) is 3.75. The molecule has 1 aliphatic rings. The molecule has 0 bridgehead atoms. The monoisotopic (exact) mass is 239 g/mol. The Bertz CT molecular complexity index is 375. The Kier molecular flexibility index (Phi) is 3.74. The van der Waals surface area contributed by atoms with Crippen molar-refractivity contribution in [1.29, 1.82) is 0 Å². The second-order valence-corrected chi connectivity index (χ2v) is 5.54. The number of aryl methyl sites for hydroxylation is 1. The Morgan fingerprint density at radius 3 is 3.06 bits per heavy atom. The zero-order valence-corrected chi connectivity index (χ0v) is 10.5. The Morgan fingerprint density at radius 2 is 2.44 bits per heavy atom. The maximum absolute atomic E-state index is 12.0. The predicted molar refractivity (Wildman–Crippen MR) is 65.2 cm³/mol. The second-order valence-electron chi connectivity index (χ2n) is 4.25. The van der Waals surface area contributed by atoms with E-state index >= 15 is 0 Å². The van der Waals surface area contributed by atoms with E-state index in [4.69, 9.17) is 4.74 Å². The number of Topliss-reactive ketones (excluding diaryl/α,β-unsaturated/α-hetero) is 1. The molecular formula is C12H17NO2S. The van der Waals surface area contributed by atoms with Gasteiger partial charge in [-0.2, -0.15) is 0 Å². The summed E-state index contributed by atoms with van der Waals surface area (Å²) in [7, 11) is 0. The topological polar surface area (TPSA) is 29.5 Å². The minimum Gasteiger partial charge on any atom is -0.376 e. The first-order valence-electron chi connectivity index (χ1n) is 5.59. The lowest BCUT2D eigenvalue weighted by atomic mass is 10.2. The van der Waals surface area contributed by atoms with E-state index in [0.717, 1.165) is 24.6 Å². The molecule has 0 aliphatic carbocycles. The van der Waals surface area contributed by atoms with Crippen LogP contribution in [-0.2, 0) is 4.74 Å². The Hall–Kier alpha value is -0.710. The minimum absolute atomic E-state index is 0.229. The fraction of sp³-hybridized carbons (Fsp3) is 0.583. The molecule has 0 radical (unpaired) electrons. The van der Waals surface area contributed by atoms with Gasteiger partial charge in [0.15, 0.2) is 5.78 Å². The van der Waals surface area contributed by atoms with Crippen molar-refractivity contribution in [2.24, 2.45) is 0 Å². The van der Waals surface area contributed by atoms with E-state index in [9.17, 15) is 4.79 Å². The molecular weight excluding hydrogens is 222 g/mol. The van der Waals surface area contributed by atoms with Crippen LogP contribution < -0.4 is 0 Å². The van der Waals surface area contributed by atoms with Crippen molar-refractivity contribution < 1.29 is 9.53 Å². The lowest BCUT2D eigenvalue weighted by Crippen LogP contribution is -2.43. The van der Waals surface area contributed by atoms with Crippen LogP contribution in [-0.4, -0.2) is 43.0 Å². The summed E-state index contributed by atoms with van der Waals surface area (Å²) >= 11 is 1.58. The summed E-state index contributed by atoms with van der Waals surface area (Å²) in [6, 6.07) is 3.92. The number of carbonyl (C=O) groups is 1. The van der Waals surface area contributed by atoms with Crippen molar-refractivity contribution in [2.45, 2.75) is 20.0 Å². The SMILES string of the molecule is Cc1ccc(C(=O)CN2CCOC(C)C2)s1. The molecule has 2 heterocycles. The first-order chi connectivity index (χ1) is 7.65. The summed E-state index contributed by atoms with van der Waals surface area (Å²) in [5.41, 5.74) is 0. The molecule has 0 amide bonds. The van der Waals surface area contributed by atoms with Gasteiger partial charge in [0.25, 0.3) is 0 Å². The van der Waals surface area contributed by atoms with Crippen molar-refractivity contribution >= 4 is 17.1 Å². The molecule has 4 heteroatoms. The summed E-state index contributed by atoms with van der Waals surface area (Å²) in [4.78, 5) is 16.2. The second kappa shape index (κ2) is 5.08. The zero-order chi connectivity index (χ0) is 11.5. The van der Waals surface area contributed by atoms with Gasteiger partial charge in [0.05, 0.1) is 24.1 Å². The van der Waals surface area contributed by atoms with E-state index in [1.54, 1.807) is 11.3 Å². The van der Waals surface area contributed by atoms with Crippen molar-refractivity contribution in [3.8, 4) is 0 Å². The number of rotatable bonds is 3. The summed E-state index contributed by atoms with van der Waals surface area (Å²) in [6.45, 7) is 7.05. The Morgan fingerprint density at radius 1 is 1.62 bits per heavy atom. The number of thiophene rings is 1. The van der Waals surface area contributed by atoms with Crippen LogP contribution in [0, 0.1) is 6.92 Å². The van der Waals surface area contributed by atoms with Crippen LogP contribution in [0.4, 0.5) is 0 Å². The van der Waals surface area contributed by atoms with Gasteiger partial charge in [-0.05, 0) is 26.0 Å². The Balaban J connectivity index is 1.92. The van der Waals surface area contributed by atoms with Gasteiger partial charge in [-0.3, -0.25) is 9.69 Å². The van der Waals surface area contributed by atoms with E-state index in [0.29, 0.717) is 6.54 Å². The standard InChI is InChI=1S/C12H17NO2S/c1-9-7-13(5-6-15-9)8-11(14)12-4-3-10(2)16-12/h3-4,9H,5-8H2,1-2H3. The van der Waals surface area contributed by atoms with Crippen molar-refractivity contribution in [3.05, 3.63) is 21.9 Å². The average molecular weight is 239 g/mol. The summed E-state index contributed by atoms with van der Waals surface area (Å²) in [5.74, 6) is 0.229. The lowest BCUT2D eigenvalue weighted by molar-refractivity contribution is -0.0158. The van der Waals surface area contributed by atoms with Gasteiger partial charge in [0.2, 0.25) is 0 Å². The fourth-order valence-electron chi connectivity index (χ4n) is 1.90. The van der Waals surface area contributed by atoms with Crippen molar-refractivity contribution in [2.75, 3.05) is 26.2 Å². The van der Waals surface area contributed by atoms with E-state index in [1.165, 1.54) is 4.88 Å². The molecule has 2 rings (SSSR count). The molecule has 0 spiro atoms. The predicted octanol–water partition coefficient (Wildman–Crippen LogP) is 1.96. The third kappa shape index (κ3) is 2.90. The molecule has 1 fully saturated rings. The van der Waals surface area contributed by atoms with E-state index < -0.39 is 0 Å². The van der Waals surface area contributed by atoms with Crippen molar-refractivity contribution in [3.63, 3.8) is 0 Å². The molecule has 1 atom stereocenters. The van der Waals surface area contributed by atoms with Gasteiger partial charge in [0.1, 0.15) is 0 Å². The van der Waals surface area contributed by atoms with Crippen LogP contribution in [0.3, 0.4) is 0 Å². The first-order valence-corrected chi connectivity index (χ1v) is 6.40. The molecule has 1 saturated heterocycles. The first kappa shape index (κ1) is 11.8. The quantitative estimate of drug-likeness (QED) is 0.755. The largest absolute Gasteiger partial charge is 0.376 e. The van der Waals surface area contributed by atoms with Crippen LogP contribution in [0.2, 0.25) is 0 Å². The van der Waals surface area contributed by atoms with Gasteiger partial charge in [-0.1, -0.05) is 0 Å². The molecule has 1 aromatic heterocycles. The van der Waals surface area contributed by atoms with Gasteiger partial charge in [-0.15, -0.1) is 11.3 Å². The lowest BCUT2D eigenvalue weighted by Gasteiger charge is -2.30. The van der Waals surface area contributed by atoms with Crippen molar-refractivity contribution in [1.82, 2.24) is 4.90 Å². The maximum Gasteiger partial charge on any atom is 0.186 e. The van der Waals surface area contributed by atoms with Gasteiger partial charge in [-0.25, -0.2) is 0 Å². The van der Waals surface area contributed by atoms with E-state index in [1.807, 2.05) is 26.0 Å². The number of carbonyl (C=O) groups excluding carboxylic acids is 1. The number of hydrogen-bond donors (Lipinski definition) is 0. The van der Waals surface area contributed by atoms with E-state index in [-0.39, 0.29) is 11.9 Å². The van der Waals surface area contributed by atoms with Gasteiger partial charge < -0.3 is 4.74 Å². The van der Waals surface area contributed by atoms with E-state index in [2.05, 4.69) is 4.90 Å². The number of morpholine rings is 1. The van der Waals surface area contributed by atoms with Crippen LogP contribution in [0.25, 0.3) is 0 Å². The van der Waals surface area contributed by atoms with Crippen LogP contribution in [0.5, 0.6) is 0 Å². The zero-order valence-electron chi connectivity index (χ0n) is 9.73. The highest BCUT2D eigenvalue weighted by atomic mass is 32.1. The highest BCUT2D eigenvalue weighted by Gasteiger charge is 2.20. The number of ether oxygens (including phenoxy) is 1. The third-order valence-electron chi connectivity index (χ3n) is 2.71. The molecule has 0 saturated carbocycles. The number of nitrogens with zero attached hydrogens (tertiary/aromatic N) is 1. The number of hydrogen-bond acceptors (Lipinski definition) is 4. The smallest absolute Gasteiger partial charge is 0.186 e. The minimum atomic E-state index is 0.229. The molecule has 1 unspecified atom stereocenters. The molecule has 1 aromatic rings. The summed E-state index contributed by atoms with van der Waals surface area (Å²) in [5, 5.41) is 0. The molecule has 3 nitrogen and oxygen atoms in total. The molecule has 0 N–H and O–H groups in total.